The third-order valence-electron chi connectivity index (χ3n) is 3.13. The number of ether oxygens (including phenoxy) is 2. The van der Waals surface area contributed by atoms with Crippen molar-refractivity contribution in [3.63, 3.8) is 0 Å². The maximum Gasteiger partial charge on any atom is 0.330 e. The van der Waals surface area contributed by atoms with Crippen molar-refractivity contribution in [3.8, 4) is 0 Å². The Kier molecular flexibility index (Phi) is 4.35. The second-order valence-corrected chi connectivity index (χ2v) is 4.52. The van der Waals surface area contributed by atoms with Crippen molar-refractivity contribution in [2.24, 2.45) is 0 Å². The predicted octanol–water partition coefficient (Wildman–Crippen LogP) is -2.57. The van der Waals surface area contributed by atoms with E-state index in [9.17, 15) is 19.8 Å². The van der Waals surface area contributed by atoms with E-state index in [1.807, 2.05) is 0 Å². The van der Waals surface area contributed by atoms with Crippen molar-refractivity contribution >= 4 is 0 Å². The Morgan fingerprint density at radius 3 is 2.75 bits per heavy atom. The normalized spacial score (nSPS) is 29.8. The van der Waals surface area contributed by atoms with Crippen LogP contribution in [0.1, 0.15) is 11.8 Å². The molecule has 0 aliphatic carbocycles. The Balaban J connectivity index is 2.28. The molecule has 112 valence electrons. The fourth-order valence-corrected chi connectivity index (χ4v) is 2.04. The standard InChI is InChI=1S/C11H16N2O7/c1-5-2-13(11(18)12-9(5)17)10-8(16)7(15)6(20-10)3-19-4-14/h2,6-8,10,14-16H,3-4H2,1H3,(H,12,17,18)/t6-,7-,8-,10-/m1/s1. The second kappa shape index (κ2) is 5.85. The smallest absolute Gasteiger partial charge is 0.330 e. The first-order chi connectivity index (χ1) is 9.45. The van der Waals surface area contributed by atoms with Gasteiger partial charge in [0.2, 0.25) is 0 Å². The van der Waals surface area contributed by atoms with Crippen LogP contribution in [0.2, 0.25) is 0 Å². The van der Waals surface area contributed by atoms with Gasteiger partial charge in [0, 0.05) is 11.8 Å². The fraction of sp³-hybridized carbons (Fsp3) is 0.636. The van der Waals surface area contributed by atoms with Crippen LogP contribution in [0.5, 0.6) is 0 Å². The zero-order valence-electron chi connectivity index (χ0n) is 10.7. The van der Waals surface area contributed by atoms with Crippen molar-refractivity contribution < 1.29 is 24.8 Å². The molecule has 1 aliphatic heterocycles. The van der Waals surface area contributed by atoms with Gasteiger partial charge in [0.25, 0.3) is 5.56 Å². The maximum atomic E-state index is 11.7. The molecule has 9 nitrogen and oxygen atoms in total. The number of nitrogens with zero attached hydrogens (tertiary/aromatic N) is 1. The summed E-state index contributed by atoms with van der Waals surface area (Å²) in [5.74, 6) is 0. The van der Waals surface area contributed by atoms with E-state index in [4.69, 9.17) is 14.6 Å². The van der Waals surface area contributed by atoms with Crippen LogP contribution in [-0.2, 0) is 9.47 Å². The topological polar surface area (TPSA) is 134 Å². The highest BCUT2D eigenvalue weighted by Crippen LogP contribution is 2.28. The first-order valence-corrected chi connectivity index (χ1v) is 5.98. The number of nitrogens with one attached hydrogen (secondary N) is 1. The van der Waals surface area contributed by atoms with Gasteiger partial charge < -0.3 is 24.8 Å². The zero-order valence-corrected chi connectivity index (χ0v) is 10.7. The van der Waals surface area contributed by atoms with E-state index in [1.54, 1.807) is 0 Å². The quantitative estimate of drug-likeness (QED) is 0.447. The van der Waals surface area contributed by atoms with Gasteiger partial charge in [0.1, 0.15) is 25.1 Å². The molecule has 0 saturated carbocycles. The van der Waals surface area contributed by atoms with Crippen LogP contribution in [-0.4, -0.2) is 56.6 Å². The Morgan fingerprint density at radius 1 is 1.40 bits per heavy atom. The number of H-pyrrole nitrogens is 1. The molecule has 1 aromatic heterocycles. The highest BCUT2D eigenvalue weighted by Gasteiger charge is 2.44. The average Bonchev–Trinajstić information content (AvgIpc) is 2.68. The summed E-state index contributed by atoms with van der Waals surface area (Å²) in [6.07, 6.45) is -3.41. The average molecular weight is 288 g/mol. The summed E-state index contributed by atoms with van der Waals surface area (Å²) >= 11 is 0. The van der Waals surface area contributed by atoms with Gasteiger partial charge in [-0.25, -0.2) is 4.79 Å². The Morgan fingerprint density at radius 2 is 2.10 bits per heavy atom. The molecule has 9 heteroatoms. The monoisotopic (exact) mass is 288 g/mol. The molecule has 4 N–H and O–H groups in total. The summed E-state index contributed by atoms with van der Waals surface area (Å²) in [7, 11) is 0. The van der Waals surface area contributed by atoms with Crippen molar-refractivity contribution in [2.45, 2.75) is 31.5 Å². The summed E-state index contributed by atoms with van der Waals surface area (Å²) in [6.45, 7) is 0.812. The molecule has 0 spiro atoms. The van der Waals surface area contributed by atoms with E-state index in [0.717, 1.165) is 4.57 Å². The highest BCUT2D eigenvalue weighted by molar-refractivity contribution is 5.03. The molecule has 0 aromatic carbocycles. The van der Waals surface area contributed by atoms with Crippen molar-refractivity contribution in [3.05, 3.63) is 32.6 Å². The molecule has 1 saturated heterocycles. The molecule has 0 radical (unpaired) electrons. The molecule has 2 heterocycles. The van der Waals surface area contributed by atoms with Gasteiger partial charge in [-0.3, -0.25) is 14.3 Å². The van der Waals surface area contributed by atoms with Crippen LogP contribution < -0.4 is 11.2 Å². The Hall–Kier alpha value is -1.52. The number of hydrogen-bond donors (Lipinski definition) is 4. The number of aliphatic hydroxyl groups excluding tert-OH is 3. The van der Waals surface area contributed by atoms with E-state index < -0.39 is 42.6 Å². The van der Waals surface area contributed by atoms with Gasteiger partial charge in [0.05, 0.1) is 6.61 Å². The number of aromatic amines is 1. The number of hydrogen-bond acceptors (Lipinski definition) is 7. The lowest BCUT2D eigenvalue weighted by atomic mass is 10.1. The van der Waals surface area contributed by atoms with Gasteiger partial charge in [-0.1, -0.05) is 0 Å². The van der Waals surface area contributed by atoms with E-state index in [2.05, 4.69) is 4.98 Å². The fourth-order valence-electron chi connectivity index (χ4n) is 2.04. The van der Waals surface area contributed by atoms with Crippen LogP contribution in [0.4, 0.5) is 0 Å². The molecule has 2 rings (SSSR count). The van der Waals surface area contributed by atoms with E-state index in [-0.39, 0.29) is 12.2 Å². The summed E-state index contributed by atoms with van der Waals surface area (Å²) in [4.78, 5) is 25.1. The minimum Gasteiger partial charge on any atom is -0.387 e. The number of aromatic nitrogens is 2. The molecular formula is C11H16N2O7. The third-order valence-corrected chi connectivity index (χ3v) is 3.13. The van der Waals surface area contributed by atoms with Crippen LogP contribution in [0, 0.1) is 6.92 Å². The molecule has 1 fully saturated rings. The lowest BCUT2D eigenvalue weighted by molar-refractivity contribution is -0.0938. The summed E-state index contributed by atoms with van der Waals surface area (Å²) in [5, 5.41) is 28.3. The van der Waals surface area contributed by atoms with E-state index >= 15 is 0 Å². The van der Waals surface area contributed by atoms with Crippen LogP contribution in [0.25, 0.3) is 0 Å². The minimum absolute atomic E-state index is 0.137. The van der Waals surface area contributed by atoms with Gasteiger partial charge in [-0.2, -0.15) is 0 Å². The minimum atomic E-state index is -1.36. The van der Waals surface area contributed by atoms with Crippen molar-refractivity contribution in [2.75, 3.05) is 13.4 Å². The summed E-state index contributed by atoms with van der Waals surface area (Å²) < 4.78 is 11.1. The lowest BCUT2D eigenvalue weighted by Gasteiger charge is -2.17. The largest absolute Gasteiger partial charge is 0.387 e. The lowest BCUT2D eigenvalue weighted by Crippen LogP contribution is -2.38. The van der Waals surface area contributed by atoms with Crippen LogP contribution in [0.15, 0.2) is 15.8 Å². The second-order valence-electron chi connectivity index (χ2n) is 4.52. The molecule has 0 amide bonds. The predicted molar refractivity (Wildman–Crippen MR) is 65.0 cm³/mol. The highest BCUT2D eigenvalue weighted by atomic mass is 16.6. The number of rotatable bonds is 4. The number of aryl methyl sites for hydroxylation is 1. The summed E-state index contributed by atoms with van der Waals surface area (Å²) in [5.41, 5.74) is -1.01. The van der Waals surface area contributed by atoms with Crippen LogP contribution >= 0.6 is 0 Å². The van der Waals surface area contributed by atoms with E-state index in [0.29, 0.717) is 0 Å². The van der Waals surface area contributed by atoms with Crippen molar-refractivity contribution in [1.29, 1.82) is 0 Å². The van der Waals surface area contributed by atoms with E-state index in [1.165, 1.54) is 13.1 Å². The van der Waals surface area contributed by atoms with Gasteiger partial charge in [-0.05, 0) is 6.92 Å². The van der Waals surface area contributed by atoms with Crippen molar-refractivity contribution in [1.82, 2.24) is 9.55 Å². The molecule has 1 aromatic rings. The van der Waals surface area contributed by atoms with Gasteiger partial charge >= 0.3 is 5.69 Å². The Bertz CT molecular complexity index is 581. The first-order valence-electron chi connectivity index (χ1n) is 5.98. The number of aliphatic hydroxyl groups is 3. The molecule has 0 bridgehead atoms. The summed E-state index contributed by atoms with van der Waals surface area (Å²) in [6, 6.07) is 0. The SMILES string of the molecule is Cc1cn([C@@H]2O[C@H](COCO)[C@@H](O)[C@H]2O)c(=O)[nH]c1=O. The van der Waals surface area contributed by atoms with Crippen LogP contribution in [0.3, 0.4) is 0 Å². The molecular weight excluding hydrogens is 272 g/mol. The Labute approximate surface area is 113 Å². The van der Waals surface area contributed by atoms with Gasteiger partial charge in [-0.15, -0.1) is 0 Å². The molecule has 0 unspecified atom stereocenters. The molecule has 20 heavy (non-hydrogen) atoms. The molecule has 4 atom stereocenters. The van der Waals surface area contributed by atoms with Gasteiger partial charge in [0.15, 0.2) is 6.23 Å². The maximum absolute atomic E-state index is 11.7. The zero-order chi connectivity index (χ0) is 14.9. The molecule has 1 aliphatic rings. The third kappa shape index (κ3) is 2.67. The first kappa shape index (κ1) is 14.9.